The number of H-pyrrole nitrogens is 1. The van der Waals surface area contributed by atoms with Gasteiger partial charge in [0.05, 0.1) is 19.3 Å². The molecule has 4 rings (SSSR count). The topological polar surface area (TPSA) is 114 Å². The van der Waals surface area contributed by atoms with Gasteiger partial charge in [-0.1, -0.05) is 38.3 Å². The Hall–Kier alpha value is -3.23. The predicted molar refractivity (Wildman–Crippen MR) is 134 cm³/mol. The first-order valence-corrected chi connectivity index (χ1v) is 12.3. The molecule has 9 nitrogen and oxygen atoms in total. The molecule has 0 saturated heterocycles. The SMILES string of the molecule is CCCCn1c(N)c(N(C(=O)CN2CCCc3cccc(OC)c32)C2CCCC2)c(=O)[nH]c1=O. The lowest BCUT2D eigenvalue weighted by molar-refractivity contribution is -0.117. The van der Waals surface area contributed by atoms with Crippen LogP contribution in [0.1, 0.15) is 57.4 Å². The minimum absolute atomic E-state index is 0.0686. The minimum Gasteiger partial charge on any atom is -0.495 e. The van der Waals surface area contributed by atoms with Crippen LogP contribution >= 0.6 is 0 Å². The van der Waals surface area contributed by atoms with Crippen molar-refractivity contribution in [2.45, 2.75) is 70.9 Å². The number of hydrogen-bond acceptors (Lipinski definition) is 6. The molecule has 0 unspecified atom stereocenters. The molecule has 0 bridgehead atoms. The van der Waals surface area contributed by atoms with Crippen LogP contribution in [0.5, 0.6) is 5.75 Å². The maximum Gasteiger partial charge on any atom is 0.330 e. The Labute approximate surface area is 199 Å². The zero-order valence-corrected chi connectivity index (χ0v) is 20.1. The van der Waals surface area contributed by atoms with E-state index in [-0.39, 0.29) is 30.0 Å². The summed E-state index contributed by atoms with van der Waals surface area (Å²) >= 11 is 0. The van der Waals surface area contributed by atoms with Crippen molar-refractivity contribution in [2.24, 2.45) is 0 Å². The number of hydrogen-bond donors (Lipinski definition) is 2. The highest BCUT2D eigenvalue weighted by molar-refractivity contribution is 5.99. The normalized spacial score (nSPS) is 15.9. The van der Waals surface area contributed by atoms with Crippen LogP contribution in [-0.4, -0.2) is 41.7 Å². The zero-order chi connectivity index (χ0) is 24.2. The number of aromatic nitrogens is 2. The average molecular weight is 470 g/mol. The summed E-state index contributed by atoms with van der Waals surface area (Å²) in [6.07, 6.45) is 7.07. The Bertz CT molecular complexity index is 1130. The van der Waals surface area contributed by atoms with Crippen LogP contribution in [0, 0.1) is 0 Å². The Morgan fingerprint density at radius 1 is 1.24 bits per heavy atom. The van der Waals surface area contributed by atoms with Crippen LogP contribution in [0.3, 0.4) is 0 Å². The number of para-hydroxylation sites is 1. The van der Waals surface area contributed by atoms with Crippen LogP contribution in [0.25, 0.3) is 0 Å². The maximum atomic E-state index is 13.9. The van der Waals surface area contributed by atoms with Crippen molar-refractivity contribution < 1.29 is 9.53 Å². The molecule has 1 aliphatic carbocycles. The Morgan fingerprint density at radius 2 is 2.00 bits per heavy atom. The van der Waals surface area contributed by atoms with Crippen molar-refractivity contribution in [1.29, 1.82) is 0 Å². The highest BCUT2D eigenvalue weighted by Crippen LogP contribution is 2.37. The molecule has 2 aromatic rings. The average Bonchev–Trinajstić information content (AvgIpc) is 3.35. The number of rotatable bonds is 8. The van der Waals surface area contributed by atoms with Crippen molar-refractivity contribution in [3.05, 3.63) is 44.6 Å². The lowest BCUT2D eigenvalue weighted by Gasteiger charge is -2.35. The van der Waals surface area contributed by atoms with Gasteiger partial charge in [-0.25, -0.2) is 4.79 Å². The van der Waals surface area contributed by atoms with E-state index in [0.29, 0.717) is 6.54 Å². The second kappa shape index (κ2) is 10.4. The van der Waals surface area contributed by atoms with Gasteiger partial charge in [0, 0.05) is 19.1 Å². The van der Waals surface area contributed by atoms with Crippen molar-refractivity contribution in [1.82, 2.24) is 9.55 Å². The fourth-order valence-corrected chi connectivity index (χ4v) is 5.28. The molecule has 0 radical (unpaired) electrons. The summed E-state index contributed by atoms with van der Waals surface area (Å²) in [6, 6.07) is 5.82. The van der Waals surface area contributed by atoms with Gasteiger partial charge < -0.3 is 15.4 Å². The first-order chi connectivity index (χ1) is 16.5. The summed E-state index contributed by atoms with van der Waals surface area (Å²) in [5, 5.41) is 0. The number of carbonyl (C=O) groups excluding carboxylic acids is 1. The van der Waals surface area contributed by atoms with E-state index in [4.69, 9.17) is 10.5 Å². The largest absolute Gasteiger partial charge is 0.495 e. The highest BCUT2D eigenvalue weighted by atomic mass is 16.5. The molecule has 9 heteroatoms. The summed E-state index contributed by atoms with van der Waals surface area (Å²) in [5.74, 6) is 0.616. The van der Waals surface area contributed by atoms with Gasteiger partial charge in [-0.3, -0.25) is 24.0 Å². The van der Waals surface area contributed by atoms with Crippen molar-refractivity contribution in [3.63, 3.8) is 0 Å². The van der Waals surface area contributed by atoms with Crippen LogP contribution in [0.15, 0.2) is 27.8 Å². The number of carbonyl (C=O) groups is 1. The van der Waals surface area contributed by atoms with E-state index in [1.807, 2.05) is 24.0 Å². The van der Waals surface area contributed by atoms with Gasteiger partial charge in [-0.05, 0) is 43.7 Å². The molecular weight excluding hydrogens is 434 g/mol. The molecule has 0 atom stereocenters. The minimum atomic E-state index is -0.605. The Morgan fingerprint density at radius 3 is 2.71 bits per heavy atom. The predicted octanol–water partition coefficient (Wildman–Crippen LogP) is 2.66. The van der Waals surface area contributed by atoms with Crippen molar-refractivity contribution in [2.75, 3.05) is 35.7 Å². The molecule has 2 aliphatic rings. The second-order valence-corrected chi connectivity index (χ2v) is 9.19. The van der Waals surface area contributed by atoms with Gasteiger partial charge in [-0.15, -0.1) is 0 Å². The second-order valence-electron chi connectivity index (χ2n) is 9.19. The molecule has 3 N–H and O–H groups in total. The fraction of sp³-hybridized carbons (Fsp3) is 0.560. The van der Waals surface area contributed by atoms with Crippen LogP contribution in [0.2, 0.25) is 0 Å². The lowest BCUT2D eigenvalue weighted by atomic mass is 10.0. The van der Waals surface area contributed by atoms with E-state index < -0.39 is 11.2 Å². The van der Waals surface area contributed by atoms with Gasteiger partial charge >= 0.3 is 5.69 Å². The number of nitrogens with one attached hydrogen (secondary N) is 1. The number of nitrogens with two attached hydrogens (primary N) is 1. The van der Waals surface area contributed by atoms with Crippen LogP contribution < -0.4 is 31.5 Å². The molecule has 1 saturated carbocycles. The number of aromatic amines is 1. The number of methoxy groups -OCH3 is 1. The van der Waals surface area contributed by atoms with Gasteiger partial charge in [0.1, 0.15) is 11.6 Å². The van der Waals surface area contributed by atoms with E-state index in [0.717, 1.165) is 74.9 Å². The number of fused-ring (bicyclic) bond motifs is 1. The highest BCUT2D eigenvalue weighted by Gasteiger charge is 2.34. The molecule has 2 heterocycles. The molecule has 0 spiro atoms. The number of nitrogens with zero attached hydrogens (tertiary/aromatic N) is 3. The van der Waals surface area contributed by atoms with Gasteiger partial charge in [0.25, 0.3) is 5.56 Å². The Balaban J connectivity index is 1.73. The first-order valence-electron chi connectivity index (χ1n) is 12.3. The molecule has 1 aromatic heterocycles. The quantitative estimate of drug-likeness (QED) is 0.614. The third-order valence-electron chi connectivity index (χ3n) is 6.97. The van der Waals surface area contributed by atoms with Gasteiger partial charge in [-0.2, -0.15) is 0 Å². The number of aryl methyl sites for hydroxylation is 1. The number of anilines is 3. The number of amides is 1. The van der Waals surface area contributed by atoms with Crippen molar-refractivity contribution >= 4 is 23.1 Å². The third kappa shape index (κ3) is 4.56. The van der Waals surface area contributed by atoms with E-state index in [9.17, 15) is 14.4 Å². The van der Waals surface area contributed by atoms with Gasteiger partial charge in [0.2, 0.25) is 5.91 Å². The summed E-state index contributed by atoms with van der Waals surface area (Å²) in [6.45, 7) is 3.25. The van der Waals surface area contributed by atoms with Crippen LogP contribution in [-0.2, 0) is 17.8 Å². The van der Waals surface area contributed by atoms with Gasteiger partial charge in [0.15, 0.2) is 5.69 Å². The standard InChI is InChI=1S/C25H35N5O4/c1-3-4-15-29-23(26)22(24(32)27-25(29)33)30(18-11-5-6-12-18)20(31)16-28-14-8-10-17-9-7-13-19(34-2)21(17)28/h7,9,13,18H,3-6,8,10-12,14-16,26H2,1-2H3,(H,27,32,33). The molecule has 1 aromatic carbocycles. The third-order valence-corrected chi connectivity index (χ3v) is 6.97. The molecular formula is C25H35N5O4. The fourth-order valence-electron chi connectivity index (χ4n) is 5.28. The summed E-state index contributed by atoms with van der Waals surface area (Å²) in [7, 11) is 1.63. The number of ether oxygens (including phenoxy) is 1. The molecule has 1 aliphatic heterocycles. The smallest absolute Gasteiger partial charge is 0.330 e. The van der Waals surface area contributed by atoms with E-state index in [1.54, 1.807) is 12.0 Å². The summed E-state index contributed by atoms with van der Waals surface area (Å²) in [5.41, 5.74) is 7.45. The maximum absolute atomic E-state index is 13.9. The van der Waals surface area contributed by atoms with E-state index in [2.05, 4.69) is 11.1 Å². The lowest BCUT2D eigenvalue weighted by Crippen LogP contribution is -2.49. The van der Waals surface area contributed by atoms with E-state index in [1.165, 1.54) is 4.57 Å². The zero-order valence-electron chi connectivity index (χ0n) is 20.1. The molecule has 34 heavy (non-hydrogen) atoms. The van der Waals surface area contributed by atoms with Crippen LogP contribution in [0.4, 0.5) is 17.2 Å². The monoisotopic (exact) mass is 469 g/mol. The number of nitrogen functional groups attached to an aromatic ring is 1. The summed E-state index contributed by atoms with van der Waals surface area (Å²) < 4.78 is 6.98. The molecule has 1 amide bonds. The van der Waals surface area contributed by atoms with E-state index >= 15 is 0 Å². The Kier molecular flexibility index (Phi) is 7.29. The molecule has 184 valence electrons. The first kappa shape index (κ1) is 23.9. The molecule has 1 fully saturated rings. The summed E-state index contributed by atoms with van der Waals surface area (Å²) in [4.78, 5) is 45.3. The number of unbranched alkanes of at least 4 members (excludes halogenated alkanes) is 1. The number of benzene rings is 1. The van der Waals surface area contributed by atoms with Crippen molar-refractivity contribution in [3.8, 4) is 5.75 Å².